The lowest BCUT2D eigenvalue weighted by Crippen LogP contribution is -2.29. The minimum Gasteiger partial charge on any atom is -0.304 e. The molecule has 0 aliphatic rings. The van der Waals surface area contributed by atoms with Crippen molar-refractivity contribution in [2.24, 2.45) is 0 Å². The summed E-state index contributed by atoms with van der Waals surface area (Å²) in [6.07, 6.45) is 4.47. The van der Waals surface area contributed by atoms with Crippen LogP contribution in [0.2, 0.25) is 0 Å². The lowest BCUT2D eigenvalue weighted by molar-refractivity contribution is 0.268. The van der Waals surface area contributed by atoms with Gasteiger partial charge >= 0.3 is 0 Å². The average molecular weight is 274 g/mol. The van der Waals surface area contributed by atoms with Crippen LogP contribution in [0.1, 0.15) is 26.7 Å². The van der Waals surface area contributed by atoms with Crippen LogP contribution in [0, 0.1) is 0 Å². The first-order valence-electron chi connectivity index (χ1n) is 6.12. The van der Waals surface area contributed by atoms with Crippen molar-refractivity contribution in [3.8, 4) is 0 Å². The van der Waals surface area contributed by atoms with Crippen molar-refractivity contribution in [3.05, 3.63) is 12.4 Å². The molecule has 104 valence electrons. The van der Waals surface area contributed by atoms with E-state index in [4.69, 9.17) is 0 Å². The lowest BCUT2D eigenvalue weighted by atomic mass is 10.2. The van der Waals surface area contributed by atoms with Crippen LogP contribution in [-0.4, -0.2) is 49.7 Å². The molecule has 1 aromatic heterocycles. The Balaban J connectivity index is 2.23. The summed E-state index contributed by atoms with van der Waals surface area (Å²) in [5.74, 6) is 0. The maximum atomic E-state index is 11.7. The minimum absolute atomic E-state index is 0.182. The molecule has 0 aliphatic carbocycles. The lowest BCUT2D eigenvalue weighted by Gasteiger charge is -2.20. The molecule has 0 saturated carbocycles. The van der Waals surface area contributed by atoms with Gasteiger partial charge in [0, 0.05) is 18.8 Å². The van der Waals surface area contributed by atoms with Crippen LogP contribution in [0.4, 0.5) is 0 Å². The standard InChI is InChI=1S/C11H22N4O2S/c1-10(2)15(3)7-5-4-6-14-18(16,17)11-8-12-13-9-11/h8-10,14H,4-7H2,1-3H3,(H,12,13). The van der Waals surface area contributed by atoms with Crippen molar-refractivity contribution in [3.63, 3.8) is 0 Å². The number of nitrogens with one attached hydrogen (secondary N) is 2. The first-order valence-corrected chi connectivity index (χ1v) is 7.60. The Morgan fingerprint density at radius 3 is 2.72 bits per heavy atom. The van der Waals surface area contributed by atoms with E-state index in [-0.39, 0.29) is 4.90 Å². The summed E-state index contributed by atoms with van der Waals surface area (Å²) >= 11 is 0. The summed E-state index contributed by atoms with van der Waals surface area (Å²) in [5.41, 5.74) is 0. The molecule has 0 radical (unpaired) electrons. The van der Waals surface area contributed by atoms with Crippen molar-refractivity contribution in [2.75, 3.05) is 20.1 Å². The van der Waals surface area contributed by atoms with E-state index in [1.807, 2.05) is 0 Å². The highest BCUT2D eigenvalue weighted by Crippen LogP contribution is 2.04. The zero-order valence-corrected chi connectivity index (χ0v) is 12.0. The molecule has 0 unspecified atom stereocenters. The number of unbranched alkanes of at least 4 members (excludes halogenated alkanes) is 1. The molecule has 1 aromatic rings. The fourth-order valence-corrected chi connectivity index (χ4v) is 2.40. The molecule has 6 nitrogen and oxygen atoms in total. The smallest absolute Gasteiger partial charge is 0.243 e. The van der Waals surface area contributed by atoms with Gasteiger partial charge < -0.3 is 4.90 Å². The molecule has 7 heteroatoms. The van der Waals surface area contributed by atoms with Crippen LogP contribution in [-0.2, 0) is 10.0 Å². The molecular formula is C11H22N4O2S. The van der Waals surface area contributed by atoms with Crippen LogP contribution >= 0.6 is 0 Å². The van der Waals surface area contributed by atoms with Gasteiger partial charge in [0.15, 0.2) is 0 Å². The average Bonchev–Trinajstić information content (AvgIpc) is 2.82. The van der Waals surface area contributed by atoms with Crippen molar-refractivity contribution < 1.29 is 8.42 Å². The second-order valence-electron chi connectivity index (χ2n) is 4.61. The number of H-pyrrole nitrogens is 1. The fourth-order valence-electron chi connectivity index (χ4n) is 1.42. The molecule has 0 amide bonds. The predicted molar refractivity (Wildman–Crippen MR) is 70.8 cm³/mol. The number of nitrogens with zero attached hydrogens (tertiary/aromatic N) is 2. The normalized spacial score (nSPS) is 12.5. The number of hydrogen-bond acceptors (Lipinski definition) is 4. The Morgan fingerprint density at radius 2 is 2.17 bits per heavy atom. The van der Waals surface area contributed by atoms with Gasteiger partial charge in [0.1, 0.15) is 4.90 Å². The summed E-state index contributed by atoms with van der Waals surface area (Å²) in [7, 11) is -1.32. The van der Waals surface area contributed by atoms with E-state index in [2.05, 4.69) is 40.7 Å². The van der Waals surface area contributed by atoms with Crippen molar-refractivity contribution in [1.82, 2.24) is 19.8 Å². The van der Waals surface area contributed by atoms with Gasteiger partial charge in [-0.3, -0.25) is 5.10 Å². The maximum absolute atomic E-state index is 11.7. The molecule has 0 fully saturated rings. The largest absolute Gasteiger partial charge is 0.304 e. The van der Waals surface area contributed by atoms with E-state index in [0.717, 1.165) is 19.4 Å². The Hall–Kier alpha value is -0.920. The summed E-state index contributed by atoms with van der Waals surface area (Å²) in [5, 5.41) is 6.11. The molecule has 1 heterocycles. The number of aromatic nitrogens is 2. The van der Waals surface area contributed by atoms with Crippen LogP contribution in [0.25, 0.3) is 0 Å². The monoisotopic (exact) mass is 274 g/mol. The topological polar surface area (TPSA) is 78.1 Å². The fraction of sp³-hybridized carbons (Fsp3) is 0.727. The number of hydrogen-bond donors (Lipinski definition) is 2. The molecule has 18 heavy (non-hydrogen) atoms. The van der Waals surface area contributed by atoms with Gasteiger partial charge in [-0.05, 0) is 40.3 Å². The Morgan fingerprint density at radius 1 is 1.44 bits per heavy atom. The van der Waals surface area contributed by atoms with Crippen LogP contribution in [0.3, 0.4) is 0 Å². The van der Waals surface area contributed by atoms with Gasteiger partial charge in [0.2, 0.25) is 10.0 Å². The summed E-state index contributed by atoms with van der Waals surface area (Å²) in [6, 6.07) is 0.521. The van der Waals surface area contributed by atoms with E-state index in [1.165, 1.54) is 12.4 Å². The van der Waals surface area contributed by atoms with E-state index in [0.29, 0.717) is 12.6 Å². The third-order valence-corrected chi connectivity index (χ3v) is 4.32. The van der Waals surface area contributed by atoms with Crippen LogP contribution in [0.15, 0.2) is 17.3 Å². The molecular weight excluding hydrogens is 252 g/mol. The second-order valence-corrected chi connectivity index (χ2v) is 6.38. The van der Waals surface area contributed by atoms with Gasteiger partial charge in [-0.25, -0.2) is 13.1 Å². The van der Waals surface area contributed by atoms with Crippen LogP contribution in [0.5, 0.6) is 0 Å². The van der Waals surface area contributed by atoms with E-state index in [1.54, 1.807) is 0 Å². The quantitative estimate of drug-likeness (QED) is 0.688. The minimum atomic E-state index is -3.39. The van der Waals surface area contributed by atoms with Gasteiger partial charge in [-0.2, -0.15) is 5.10 Å². The highest BCUT2D eigenvalue weighted by atomic mass is 32.2. The van der Waals surface area contributed by atoms with Gasteiger partial charge in [-0.15, -0.1) is 0 Å². The third-order valence-electron chi connectivity index (χ3n) is 2.89. The molecule has 0 atom stereocenters. The van der Waals surface area contributed by atoms with E-state index in [9.17, 15) is 8.42 Å². The molecule has 0 aliphatic heterocycles. The van der Waals surface area contributed by atoms with Gasteiger partial charge in [-0.1, -0.05) is 0 Å². The Kier molecular flexibility index (Phi) is 5.77. The maximum Gasteiger partial charge on any atom is 0.243 e. The first kappa shape index (κ1) is 15.1. The summed E-state index contributed by atoms with van der Waals surface area (Å²) in [6.45, 7) is 5.72. The molecule has 0 saturated heterocycles. The number of sulfonamides is 1. The highest BCUT2D eigenvalue weighted by molar-refractivity contribution is 7.89. The van der Waals surface area contributed by atoms with E-state index < -0.39 is 10.0 Å². The van der Waals surface area contributed by atoms with Crippen molar-refractivity contribution in [2.45, 2.75) is 37.6 Å². The summed E-state index contributed by atoms with van der Waals surface area (Å²) in [4.78, 5) is 2.42. The third kappa shape index (κ3) is 4.75. The SMILES string of the molecule is CC(C)N(C)CCCCNS(=O)(=O)c1cn[nH]c1. The van der Waals surface area contributed by atoms with Gasteiger partial charge in [0.05, 0.1) is 6.20 Å². The van der Waals surface area contributed by atoms with Crippen molar-refractivity contribution >= 4 is 10.0 Å². The van der Waals surface area contributed by atoms with E-state index >= 15 is 0 Å². The highest BCUT2D eigenvalue weighted by Gasteiger charge is 2.13. The molecule has 0 bridgehead atoms. The second kappa shape index (κ2) is 6.86. The Labute approximate surface area is 109 Å². The number of rotatable bonds is 8. The summed E-state index contributed by atoms with van der Waals surface area (Å²) < 4.78 is 26.0. The van der Waals surface area contributed by atoms with Crippen molar-refractivity contribution in [1.29, 1.82) is 0 Å². The van der Waals surface area contributed by atoms with Gasteiger partial charge in [0.25, 0.3) is 0 Å². The Bertz CT molecular complexity index is 428. The molecule has 2 N–H and O–H groups in total. The zero-order chi connectivity index (χ0) is 13.6. The number of aromatic amines is 1. The predicted octanol–water partition coefficient (Wildman–Crippen LogP) is 0.808. The zero-order valence-electron chi connectivity index (χ0n) is 11.2. The van der Waals surface area contributed by atoms with Crippen LogP contribution < -0.4 is 4.72 Å². The molecule has 0 spiro atoms. The first-order chi connectivity index (χ1) is 8.43. The molecule has 0 aromatic carbocycles. The molecule has 1 rings (SSSR count).